The molecule has 106 valence electrons. The first-order valence-corrected chi connectivity index (χ1v) is 7.47. The molecule has 2 rings (SSSR count). The van der Waals surface area contributed by atoms with E-state index in [0.29, 0.717) is 17.7 Å². The lowest BCUT2D eigenvalue weighted by atomic mass is 10.1. The number of thioether (sulfide) groups is 1. The fourth-order valence-electron chi connectivity index (χ4n) is 2.31. The first-order chi connectivity index (χ1) is 9.60. The maximum absolute atomic E-state index is 13.3. The van der Waals surface area contributed by atoms with Crippen molar-refractivity contribution in [1.29, 1.82) is 5.26 Å². The van der Waals surface area contributed by atoms with Crippen molar-refractivity contribution in [1.82, 2.24) is 4.90 Å². The lowest BCUT2D eigenvalue weighted by Crippen LogP contribution is -2.43. The van der Waals surface area contributed by atoms with Crippen molar-refractivity contribution in [3.8, 4) is 6.07 Å². The predicted octanol–water partition coefficient (Wildman–Crippen LogP) is 2.09. The van der Waals surface area contributed by atoms with Crippen LogP contribution < -0.4 is 0 Å². The molecule has 0 radical (unpaired) electrons. The van der Waals surface area contributed by atoms with Gasteiger partial charge < -0.3 is 5.11 Å². The lowest BCUT2D eigenvalue weighted by Gasteiger charge is -2.34. The van der Waals surface area contributed by atoms with Gasteiger partial charge in [0.05, 0.1) is 18.1 Å². The molecular weight excluding hydrogens is 279 g/mol. The Bertz CT molecular complexity index is 544. The lowest BCUT2D eigenvalue weighted by molar-refractivity contribution is -0.138. The van der Waals surface area contributed by atoms with E-state index in [0.717, 1.165) is 18.1 Å². The molecule has 1 aliphatic heterocycles. The van der Waals surface area contributed by atoms with Gasteiger partial charge in [-0.25, -0.2) is 4.39 Å². The van der Waals surface area contributed by atoms with Crippen LogP contribution in [0.3, 0.4) is 0 Å². The summed E-state index contributed by atoms with van der Waals surface area (Å²) in [5, 5.41) is 18.0. The summed E-state index contributed by atoms with van der Waals surface area (Å²) >= 11 is 1.73. The number of nitrogens with zero attached hydrogens (tertiary/aromatic N) is 2. The number of benzene rings is 1. The summed E-state index contributed by atoms with van der Waals surface area (Å²) in [4.78, 5) is 12.9. The molecule has 0 saturated carbocycles. The SMILES string of the molecule is N#Cc1ccc(F)cc1CN1CCSCC1CC(=O)O. The van der Waals surface area contributed by atoms with Gasteiger partial charge in [-0.05, 0) is 23.8 Å². The van der Waals surface area contributed by atoms with E-state index in [1.165, 1.54) is 18.2 Å². The third kappa shape index (κ3) is 3.71. The minimum Gasteiger partial charge on any atom is -0.481 e. The van der Waals surface area contributed by atoms with Gasteiger partial charge in [0.2, 0.25) is 0 Å². The number of hydrogen-bond acceptors (Lipinski definition) is 4. The molecule has 1 N–H and O–H groups in total. The Hall–Kier alpha value is -1.58. The minimum atomic E-state index is -0.831. The molecule has 0 bridgehead atoms. The quantitative estimate of drug-likeness (QED) is 0.921. The molecule has 0 spiro atoms. The van der Waals surface area contributed by atoms with E-state index in [2.05, 4.69) is 6.07 Å². The summed E-state index contributed by atoms with van der Waals surface area (Å²) in [6, 6.07) is 6.08. The average molecular weight is 294 g/mol. The van der Waals surface area contributed by atoms with E-state index in [4.69, 9.17) is 10.4 Å². The molecule has 1 aromatic rings. The number of nitriles is 1. The zero-order valence-electron chi connectivity index (χ0n) is 10.9. The van der Waals surface area contributed by atoms with Crippen molar-refractivity contribution >= 4 is 17.7 Å². The Morgan fingerprint density at radius 2 is 2.40 bits per heavy atom. The van der Waals surface area contributed by atoms with Gasteiger partial charge in [0, 0.05) is 30.6 Å². The van der Waals surface area contributed by atoms with Crippen LogP contribution in [0.25, 0.3) is 0 Å². The van der Waals surface area contributed by atoms with Gasteiger partial charge in [-0.1, -0.05) is 0 Å². The molecule has 4 nitrogen and oxygen atoms in total. The van der Waals surface area contributed by atoms with Crippen LogP contribution in [0.4, 0.5) is 4.39 Å². The van der Waals surface area contributed by atoms with Gasteiger partial charge >= 0.3 is 5.97 Å². The summed E-state index contributed by atoms with van der Waals surface area (Å²) in [7, 11) is 0. The minimum absolute atomic E-state index is 0.0685. The summed E-state index contributed by atoms with van der Waals surface area (Å²) < 4.78 is 13.3. The largest absolute Gasteiger partial charge is 0.481 e. The predicted molar refractivity (Wildman–Crippen MR) is 74.9 cm³/mol. The molecule has 1 atom stereocenters. The Morgan fingerprint density at radius 1 is 1.60 bits per heavy atom. The number of rotatable bonds is 4. The standard InChI is InChI=1S/C14H15FN2O2S/c15-12-2-1-10(7-16)11(5-12)8-17-3-4-20-9-13(17)6-14(18)19/h1-2,5,13H,3-4,6,8-9H2,(H,18,19). The Kier molecular flexibility index (Phi) is 4.99. The summed E-state index contributed by atoms with van der Waals surface area (Å²) in [6.07, 6.45) is 0.0736. The molecule has 20 heavy (non-hydrogen) atoms. The van der Waals surface area contributed by atoms with Crippen molar-refractivity contribution in [3.05, 3.63) is 35.1 Å². The first-order valence-electron chi connectivity index (χ1n) is 6.32. The topological polar surface area (TPSA) is 64.3 Å². The van der Waals surface area contributed by atoms with E-state index in [9.17, 15) is 9.18 Å². The Balaban J connectivity index is 2.16. The number of aliphatic carboxylic acids is 1. The second kappa shape index (κ2) is 6.73. The second-order valence-corrected chi connectivity index (χ2v) is 5.86. The highest BCUT2D eigenvalue weighted by Gasteiger charge is 2.25. The number of halogens is 1. The second-order valence-electron chi connectivity index (χ2n) is 4.71. The summed E-state index contributed by atoms with van der Waals surface area (Å²) in [5.41, 5.74) is 1.06. The number of carbonyl (C=O) groups is 1. The van der Waals surface area contributed by atoms with Crippen molar-refractivity contribution in [3.63, 3.8) is 0 Å². The number of carboxylic acid groups (broad SMARTS) is 1. The fourth-order valence-corrected chi connectivity index (χ4v) is 3.44. The molecule has 0 aliphatic carbocycles. The summed E-state index contributed by atoms with van der Waals surface area (Å²) in [6.45, 7) is 1.17. The van der Waals surface area contributed by atoms with Crippen LogP contribution in [0.2, 0.25) is 0 Å². The molecule has 0 amide bonds. The zero-order valence-corrected chi connectivity index (χ0v) is 11.7. The first kappa shape index (κ1) is 14.8. The van der Waals surface area contributed by atoms with Gasteiger partial charge in [-0.3, -0.25) is 9.69 Å². The van der Waals surface area contributed by atoms with Crippen molar-refractivity contribution in [2.24, 2.45) is 0 Å². The van der Waals surface area contributed by atoms with Crippen LogP contribution >= 0.6 is 11.8 Å². The van der Waals surface area contributed by atoms with Crippen molar-refractivity contribution < 1.29 is 14.3 Å². The van der Waals surface area contributed by atoms with Gasteiger partial charge in [0.15, 0.2) is 0 Å². The van der Waals surface area contributed by atoms with E-state index in [1.54, 1.807) is 11.8 Å². The van der Waals surface area contributed by atoms with E-state index < -0.39 is 5.97 Å². The van der Waals surface area contributed by atoms with Gasteiger partial charge in [-0.15, -0.1) is 0 Å². The third-order valence-electron chi connectivity index (χ3n) is 3.32. The van der Waals surface area contributed by atoms with Crippen LogP contribution in [0.15, 0.2) is 18.2 Å². The van der Waals surface area contributed by atoms with E-state index in [-0.39, 0.29) is 18.3 Å². The van der Waals surface area contributed by atoms with Gasteiger partial charge in [0.25, 0.3) is 0 Å². The normalized spacial score (nSPS) is 19.5. The van der Waals surface area contributed by atoms with Crippen LogP contribution in [0, 0.1) is 17.1 Å². The van der Waals surface area contributed by atoms with Gasteiger partial charge in [-0.2, -0.15) is 17.0 Å². The van der Waals surface area contributed by atoms with Gasteiger partial charge in [0.1, 0.15) is 5.82 Å². The molecular formula is C14H15FN2O2S. The molecule has 1 saturated heterocycles. The summed E-state index contributed by atoms with van der Waals surface area (Å²) in [5.74, 6) is 0.471. The molecule has 0 aromatic heterocycles. The van der Waals surface area contributed by atoms with Crippen LogP contribution in [-0.2, 0) is 11.3 Å². The highest BCUT2D eigenvalue weighted by atomic mass is 32.2. The van der Waals surface area contributed by atoms with E-state index >= 15 is 0 Å². The van der Waals surface area contributed by atoms with Crippen molar-refractivity contribution in [2.75, 3.05) is 18.1 Å². The van der Waals surface area contributed by atoms with Crippen LogP contribution in [0.5, 0.6) is 0 Å². The van der Waals surface area contributed by atoms with Crippen LogP contribution in [-0.4, -0.2) is 40.1 Å². The molecule has 1 aromatic carbocycles. The molecule has 1 unspecified atom stereocenters. The highest BCUT2D eigenvalue weighted by Crippen LogP contribution is 2.22. The maximum Gasteiger partial charge on any atom is 0.304 e. The average Bonchev–Trinajstić information content (AvgIpc) is 2.41. The van der Waals surface area contributed by atoms with Crippen LogP contribution in [0.1, 0.15) is 17.5 Å². The monoisotopic (exact) mass is 294 g/mol. The number of hydrogen-bond donors (Lipinski definition) is 1. The maximum atomic E-state index is 13.3. The van der Waals surface area contributed by atoms with Crippen molar-refractivity contribution in [2.45, 2.75) is 19.0 Å². The van der Waals surface area contributed by atoms with E-state index in [1.807, 2.05) is 4.90 Å². The molecule has 6 heteroatoms. The highest BCUT2D eigenvalue weighted by molar-refractivity contribution is 7.99. The Labute approximate surface area is 121 Å². The molecule has 1 aliphatic rings. The number of carboxylic acids is 1. The zero-order chi connectivity index (χ0) is 14.5. The molecule has 1 heterocycles. The molecule has 1 fully saturated rings. The smallest absolute Gasteiger partial charge is 0.304 e. The fraction of sp³-hybridized carbons (Fsp3) is 0.429. The Morgan fingerprint density at radius 3 is 3.10 bits per heavy atom. The third-order valence-corrected chi connectivity index (χ3v) is 4.41.